The van der Waals surface area contributed by atoms with Crippen molar-refractivity contribution in [1.82, 2.24) is 0 Å². The van der Waals surface area contributed by atoms with E-state index >= 15 is 0 Å². The molecule has 0 aliphatic carbocycles. The maximum absolute atomic E-state index is 5.82. The summed E-state index contributed by atoms with van der Waals surface area (Å²) in [6, 6.07) is 0. The Hall–Kier alpha value is -0.0800. The van der Waals surface area contributed by atoms with Crippen LogP contribution in [0.15, 0.2) is 0 Å². The highest BCUT2D eigenvalue weighted by Gasteiger charge is 2.22. The van der Waals surface area contributed by atoms with Gasteiger partial charge >= 0.3 is 0 Å². The molecule has 2 heteroatoms. The van der Waals surface area contributed by atoms with E-state index in [2.05, 4.69) is 13.3 Å². The van der Waals surface area contributed by atoms with Crippen LogP contribution in [0.1, 0.15) is 51.9 Å². The monoisotopic (exact) mass is 225 g/mol. The van der Waals surface area contributed by atoms with Crippen LogP contribution in [0.25, 0.3) is 0 Å². The third-order valence-corrected chi connectivity index (χ3v) is 3.84. The third-order valence-electron chi connectivity index (χ3n) is 3.84. The van der Waals surface area contributed by atoms with E-state index in [0.717, 1.165) is 19.6 Å². The third kappa shape index (κ3) is 3.74. The van der Waals surface area contributed by atoms with Gasteiger partial charge in [-0.3, -0.25) is 0 Å². The average molecular weight is 225 g/mol. The maximum atomic E-state index is 5.82. The molecule has 93 valence electrons. The fourth-order valence-electron chi connectivity index (χ4n) is 2.68. The smallest absolute Gasteiger partial charge is 0.0607 e. The molecule has 0 bridgehead atoms. The zero-order valence-electron chi connectivity index (χ0n) is 10.5. The van der Waals surface area contributed by atoms with Crippen molar-refractivity contribution in [2.24, 2.45) is 5.92 Å². The molecule has 2 aliphatic heterocycles. The lowest BCUT2D eigenvalue weighted by molar-refractivity contribution is -0.0205. The van der Waals surface area contributed by atoms with Gasteiger partial charge in [0.25, 0.3) is 0 Å². The van der Waals surface area contributed by atoms with Crippen LogP contribution in [-0.4, -0.2) is 25.4 Å². The van der Waals surface area contributed by atoms with Gasteiger partial charge in [0.15, 0.2) is 0 Å². The van der Waals surface area contributed by atoms with Crippen LogP contribution in [0.3, 0.4) is 0 Å². The molecule has 1 radical (unpaired) electrons. The molecule has 2 saturated heterocycles. The minimum Gasteiger partial charge on any atom is -0.378 e. The Balaban J connectivity index is 1.63. The van der Waals surface area contributed by atoms with Crippen LogP contribution in [0.4, 0.5) is 0 Å². The second-order valence-corrected chi connectivity index (χ2v) is 5.26. The molecule has 2 heterocycles. The Bertz CT molecular complexity index is 181. The highest BCUT2D eigenvalue weighted by molar-refractivity contribution is 4.84. The van der Waals surface area contributed by atoms with Crippen LogP contribution in [-0.2, 0) is 9.47 Å². The Morgan fingerprint density at radius 3 is 2.44 bits per heavy atom. The number of hydrogen-bond acceptors (Lipinski definition) is 2. The first-order valence-electron chi connectivity index (χ1n) is 6.93. The molecular weight excluding hydrogens is 200 g/mol. The van der Waals surface area contributed by atoms with Crippen LogP contribution in [0.2, 0.25) is 0 Å². The summed E-state index contributed by atoms with van der Waals surface area (Å²) in [4.78, 5) is 0. The molecule has 0 aromatic heterocycles. The SMILES string of the molecule is CC(C[CH]C1CCCCO1)C1CCCCO1. The van der Waals surface area contributed by atoms with Crippen LogP contribution >= 0.6 is 0 Å². The number of rotatable bonds is 4. The number of ether oxygens (including phenoxy) is 2. The molecule has 2 fully saturated rings. The summed E-state index contributed by atoms with van der Waals surface area (Å²) in [5, 5.41) is 0. The van der Waals surface area contributed by atoms with E-state index in [1.165, 1.54) is 38.5 Å². The van der Waals surface area contributed by atoms with Gasteiger partial charge in [-0.2, -0.15) is 0 Å². The molecule has 0 spiro atoms. The Morgan fingerprint density at radius 1 is 1.06 bits per heavy atom. The summed E-state index contributed by atoms with van der Waals surface area (Å²) < 4.78 is 11.5. The fourth-order valence-corrected chi connectivity index (χ4v) is 2.68. The van der Waals surface area contributed by atoms with Gasteiger partial charge in [-0.05, 0) is 57.3 Å². The summed E-state index contributed by atoms with van der Waals surface area (Å²) in [5.74, 6) is 0.658. The summed E-state index contributed by atoms with van der Waals surface area (Å²) in [5.41, 5.74) is 0. The van der Waals surface area contributed by atoms with Gasteiger partial charge in [0.05, 0.1) is 12.2 Å². The van der Waals surface area contributed by atoms with E-state index in [1.807, 2.05) is 0 Å². The van der Waals surface area contributed by atoms with Crippen molar-refractivity contribution < 1.29 is 9.47 Å². The van der Waals surface area contributed by atoms with Gasteiger partial charge in [-0.25, -0.2) is 0 Å². The zero-order chi connectivity index (χ0) is 11.2. The lowest BCUT2D eigenvalue weighted by Gasteiger charge is -2.29. The van der Waals surface area contributed by atoms with Gasteiger partial charge in [0.2, 0.25) is 0 Å². The van der Waals surface area contributed by atoms with Crippen molar-refractivity contribution in [3.05, 3.63) is 6.42 Å². The quantitative estimate of drug-likeness (QED) is 0.730. The molecule has 0 amide bonds. The topological polar surface area (TPSA) is 18.5 Å². The van der Waals surface area contributed by atoms with Crippen molar-refractivity contribution in [3.63, 3.8) is 0 Å². The molecule has 3 unspecified atom stereocenters. The molecule has 2 nitrogen and oxygen atoms in total. The van der Waals surface area contributed by atoms with Gasteiger partial charge < -0.3 is 9.47 Å². The first-order valence-corrected chi connectivity index (χ1v) is 6.93. The number of hydrogen-bond donors (Lipinski definition) is 0. The molecule has 2 rings (SSSR count). The highest BCUT2D eigenvalue weighted by atomic mass is 16.5. The Morgan fingerprint density at radius 2 is 1.81 bits per heavy atom. The second kappa shape index (κ2) is 6.61. The van der Waals surface area contributed by atoms with E-state index in [-0.39, 0.29) is 0 Å². The molecule has 0 aromatic rings. The Labute approximate surface area is 99.7 Å². The second-order valence-electron chi connectivity index (χ2n) is 5.26. The summed E-state index contributed by atoms with van der Waals surface area (Å²) in [7, 11) is 0. The fraction of sp³-hybridized carbons (Fsp3) is 0.929. The largest absolute Gasteiger partial charge is 0.378 e. The van der Waals surface area contributed by atoms with Gasteiger partial charge in [-0.1, -0.05) is 6.92 Å². The highest BCUT2D eigenvalue weighted by Crippen LogP contribution is 2.25. The van der Waals surface area contributed by atoms with Gasteiger partial charge in [-0.15, -0.1) is 0 Å². The molecule has 0 N–H and O–H groups in total. The van der Waals surface area contributed by atoms with Crippen LogP contribution < -0.4 is 0 Å². The molecule has 0 saturated carbocycles. The van der Waals surface area contributed by atoms with Crippen LogP contribution in [0, 0.1) is 12.3 Å². The molecule has 3 atom stereocenters. The summed E-state index contributed by atoms with van der Waals surface area (Å²) in [6.45, 7) is 4.24. The van der Waals surface area contributed by atoms with Gasteiger partial charge in [0.1, 0.15) is 0 Å². The van der Waals surface area contributed by atoms with E-state index in [0.29, 0.717) is 18.1 Å². The van der Waals surface area contributed by atoms with Crippen molar-refractivity contribution in [3.8, 4) is 0 Å². The van der Waals surface area contributed by atoms with E-state index in [4.69, 9.17) is 9.47 Å². The predicted molar refractivity (Wildman–Crippen MR) is 65.3 cm³/mol. The zero-order valence-corrected chi connectivity index (χ0v) is 10.5. The van der Waals surface area contributed by atoms with Crippen molar-refractivity contribution in [2.75, 3.05) is 13.2 Å². The van der Waals surface area contributed by atoms with E-state index in [9.17, 15) is 0 Å². The standard InChI is InChI=1S/C14H25O2/c1-12(14-7-3-5-11-16-14)8-9-13-6-2-4-10-15-13/h9,12-14H,2-8,10-11H2,1H3. The average Bonchev–Trinajstić information content (AvgIpc) is 2.38. The summed E-state index contributed by atoms with van der Waals surface area (Å²) >= 11 is 0. The van der Waals surface area contributed by atoms with Crippen molar-refractivity contribution in [1.29, 1.82) is 0 Å². The first kappa shape index (κ1) is 12.4. The maximum Gasteiger partial charge on any atom is 0.0607 e. The molecule has 0 aromatic carbocycles. The van der Waals surface area contributed by atoms with E-state index in [1.54, 1.807) is 0 Å². The lowest BCUT2D eigenvalue weighted by atomic mass is 9.91. The summed E-state index contributed by atoms with van der Waals surface area (Å²) in [6.07, 6.45) is 12.1. The first-order chi connectivity index (χ1) is 7.86. The van der Waals surface area contributed by atoms with Crippen LogP contribution in [0.5, 0.6) is 0 Å². The van der Waals surface area contributed by atoms with Crippen molar-refractivity contribution in [2.45, 2.75) is 64.1 Å². The Kier molecular flexibility index (Phi) is 5.11. The normalized spacial score (nSPS) is 33.6. The minimum atomic E-state index is 0.416. The minimum absolute atomic E-state index is 0.416. The molecule has 16 heavy (non-hydrogen) atoms. The van der Waals surface area contributed by atoms with Gasteiger partial charge in [0, 0.05) is 13.2 Å². The van der Waals surface area contributed by atoms with E-state index < -0.39 is 0 Å². The predicted octanol–water partition coefficient (Wildman–Crippen LogP) is 3.36. The molecular formula is C14H25O2. The molecule has 2 aliphatic rings. The lowest BCUT2D eigenvalue weighted by Crippen LogP contribution is -2.28. The van der Waals surface area contributed by atoms with Crippen molar-refractivity contribution >= 4 is 0 Å².